The summed E-state index contributed by atoms with van der Waals surface area (Å²) in [5.74, 6) is -0.863. The molecule has 0 amide bonds. The highest BCUT2D eigenvalue weighted by Gasteiger charge is 2.08. The molecule has 0 bridgehead atoms. The quantitative estimate of drug-likeness (QED) is 0.681. The minimum Gasteiger partial charge on any atom is -0.478 e. The molecule has 2 nitrogen and oxygen atoms in total. The average molecular weight is 160 g/mol. The smallest absolute Gasteiger partial charge is 0.335 e. The Bertz CT molecular complexity index is 364. The van der Waals surface area contributed by atoms with Crippen molar-refractivity contribution in [3.05, 3.63) is 41.0 Å². The molecule has 0 spiro atoms. The summed E-state index contributed by atoms with van der Waals surface area (Å²) in [6.07, 6.45) is 4.92. The lowest BCUT2D eigenvalue weighted by Crippen LogP contribution is -1.96. The van der Waals surface area contributed by atoms with Crippen LogP contribution in [-0.4, -0.2) is 11.1 Å². The predicted molar refractivity (Wildman–Crippen MR) is 46.1 cm³/mol. The lowest BCUT2D eigenvalue weighted by atomic mass is 10.1. The van der Waals surface area contributed by atoms with Crippen LogP contribution in [0.5, 0.6) is 0 Å². The minimum atomic E-state index is -0.863. The van der Waals surface area contributed by atoms with Crippen molar-refractivity contribution in [2.45, 2.75) is 6.42 Å². The molecule has 0 saturated heterocycles. The normalized spacial score (nSPS) is 13.0. The van der Waals surface area contributed by atoms with Crippen LogP contribution < -0.4 is 0 Å². The molecule has 1 aliphatic rings. The second kappa shape index (κ2) is 2.48. The minimum absolute atomic E-state index is 0.361. The van der Waals surface area contributed by atoms with Crippen LogP contribution in [0.15, 0.2) is 24.3 Å². The molecule has 0 fully saturated rings. The Labute approximate surface area is 70.2 Å². The summed E-state index contributed by atoms with van der Waals surface area (Å²) in [5, 5.41) is 8.69. The standard InChI is InChI=1S/C10H8O2/c11-10(12)9-5-4-7-2-1-3-8(7)6-9/h1,3-6H,2H2,(H,11,12). The highest BCUT2D eigenvalue weighted by molar-refractivity contribution is 5.88. The molecule has 1 aromatic rings. The van der Waals surface area contributed by atoms with Gasteiger partial charge in [-0.25, -0.2) is 4.79 Å². The fourth-order valence-corrected chi connectivity index (χ4v) is 1.38. The van der Waals surface area contributed by atoms with Gasteiger partial charge in [-0.05, 0) is 29.7 Å². The molecule has 1 aliphatic carbocycles. The Morgan fingerprint density at radius 3 is 3.00 bits per heavy atom. The van der Waals surface area contributed by atoms with Crippen LogP contribution in [0.1, 0.15) is 21.5 Å². The summed E-state index contributed by atoms with van der Waals surface area (Å²) in [6.45, 7) is 0. The first-order valence-corrected chi connectivity index (χ1v) is 3.80. The van der Waals surface area contributed by atoms with Gasteiger partial charge < -0.3 is 5.11 Å². The van der Waals surface area contributed by atoms with Crippen LogP contribution in [-0.2, 0) is 6.42 Å². The van der Waals surface area contributed by atoms with Crippen LogP contribution in [0.25, 0.3) is 6.08 Å². The summed E-state index contributed by atoms with van der Waals surface area (Å²) in [4.78, 5) is 10.6. The fourth-order valence-electron chi connectivity index (χ4n) is 1.38. The van der Waals surface area contributed by atoms with Crippen molar-refractivity contribution in [1.82, 2.24) is 0 Å². The van der Waals surface area contributed by atoms with E-state index in [1.54, 1.807) is 12.1 Å². The molecule has 2 heteroatoms. The number of carboxylic acids is 1. The summed E-state index contributed by atoms with van der Waals surface area (Å²) in [5.41, 5.74) is 2.61. The Kier molecular flexibility index (Phi) is 1.47. The second-order valence-corrected chi connectivity index (χ2v) is 2.83. The number of allylic oxidation sites excluding steroid dienone is 1. The van der Waals surface area contributed by atoms with Gasteiger partial charge in [-0.1, -0.05) is 18.2 Å². The molecular weight excluding hydrogens is 152 g/mol. The average Bonchev–Trinajstić information content (AvgIpc) is 2.49. The maximum absolute atomic E-state index is 10.6. The van der Waals surface area contributed by atoms with Gasteiger partial charge >= 0.3 is 5.97 Å². The van der Waals surface area contributed by atoms with Crippen LogP contribution >= 0.6 is 0 Å². The van der Waals surface area contributed by atoms with Crippen molar-refractivity contribution in [2.24, 2.45) is 0 Å². The van der Waals surface area contributed by atoms with E-state index in [0.29, 0.717) is 5.56 Å². The van der Waals surface area contributed by atoms with Crippen LogP contribution in [0.2, 0.25) is 0 Å². The Morgan fingerprint density at radius 1 is 1.42 bits per heavy atom. The van der Waals surface area contributed by atoms with E-state index in [9.17, 15) is 4.79 Å². The number of hydrogen-bond donors (Lipinski definition) is 1. The van der Waals surface area contributed by atoms with Gasteiger partial charge in [0.1, 0.15) is 0 Å². The third kappa shape index (κ3) is 1.01. The molecule has 0 atom stereocenters. The zero-order valence-electron chi connectivity index (χ0n) is 6.45. The van der Waals surface area contributed by atoms with E-state index in [2.05, 4.69) is 0 Å². The molecule has 0 heterocycles. The third-order valence-corrected chi connectivity index (χ3v) is 2.03. The van der Waals surface area contributed by atoms with Crippen molar-refractivity contribution in [2.75, 3.05) is 0 Å². The van der Waals surface area contributed by atoms with Crippen molar-refractivity contribution >= 4 is 12.0 Å². The lowest BCUT2D eigenvalue weighted by Gasteiger charge is -1.99. The molecule has 0 radical (unpaired) electrons. The van der Waals surface area contributed by atoms with E-state index in [0.717, 1.165) is 12.0 Å². The number of benzene rings is 1. The Morgan fingerprint density at radius 2 is 2.25 bits per heavy atom. The predicted octanol–water partition coefficient (Wildman–Crippen LogP) is 1.95. The highest BCUT2D eigenvalue weighted by atomic mass is 16.4. The molecule has 1 N–H and O–H groups in total. The largest absolute Gasteiger partial charge is 0.478 e. The van der Waals surface area contributed by atoms with E-state index >= 15 is 0 Å². The summed E-state index contributed by atoms with van der Waals surface area (Å²) < 4.78 is 0. The molecule has 2 rings (SSSR count). The number of rotatable bonds is 1. The second-order valence-electron chi connectivity index (χ2n) is 2.83. The van der Waals surface area contributed by atoms with Crippen molar-refractivity contribution < 1.29 is 9.90 Å². The van der Waals surface area contributed by atoms with Crippen molar-refractivity contribution in [1.29, 1.82) is 0 Å². The SMILES string of the molecule is O=C(O)c1ccc2c(c1)C=CC2. The van der Waals surface area contributed by atoms with Crippen molar-refractivity contribution in [3.63, 3.8) is 0 Å². The van der Waals surface area contributed by atoms with E-state index in [1.807, 2.05) is 18.2 Å². The molecule has 1 aromatic carbocycles. The van der Waals surface area contributed by atoms with Gasteiger partial charge in [-0.2, -0.15) is 0 Å². The number of carbonyl (C=O) groups is 1. The maximum Gasteiger partial charge on any atom is 0.335 e. The zero-order valence-corrected chi connectivity index (χ0v) is 6.45. The van der Waals surface area contributed by atoms with Gasteiger partial charge in [0, 0.05) is 0 Å². The molecule has 60 valence electrons. The first kappa shape index (κ1) is 7.10. The summed E-state index contributed by atoms with van der Waals surface area (Å²) in [6, 6.07) is 5.23. The van der Waals surface area contributed by atoms with Gasteiger partial charge in [0.15, 0.2) is 0 Å². The first-order valence-electron chi connectivity index (χ1n) is 3.80. The summed E-state index contributed by atoms with van der Waals surface area (Å²) in [7, 11) is 0. The number of carboxylic acid groups (broad SMARTS) is 1. The van der Waals surface area contributed by atoms with Gasteiger partial charge in [-0.15, -0.1) is 0 Å². The topological polar surface area (TPSA) is 37.3 Å². The molecule has 0 aliphatic heterocycles. The van der Waals surface area contributed by atoms with Crippen molar-refractivity contribution in [3.8, 4) is 0 Å². The Hall–Kier alpha value is -1.57. The van der Waals surface area contributed by atoms with E-state index in [-0.39, 0.29) is 0 Å². The Balaban J connectivity index is 2.51. The van der Waals surface area contributed by atoms with Gasteiger partial charge in [0.25, 0.3) is 0 Å². The van der Waals surface area contributed by atoms with Gasteiger partial charge in [-0.3, -0.25) is 0 Å². The van der Waals surface area contributed by atoms with E-state index in [4.69, 9.17) is 5.11 Å². The number of aromatic carboxylic acids is 1. The summed E-state index contributed by atoms with van der Waals surface area (Å²) >= 11 is 0. The molecule has 0 unspecified atom stereocenters. The number of fused-ring (bicyclic) bond motifs is 1. The van der Waals surface area contributed by atoms with Crippen LogP contribution in [0.3, 0.4) is 0 Å². The third-order valence-electron chi connectivity index (χ3n) is 2.03. The molecule has 0 saturated carbocycles. The zero-order chi connectivity index (χ0) is 8.55. The maximum atomic E-state index is 10.6. The van der Waals surface area contributed by atoms with Gasteiger partial charge in [0.05, 0.1) is 5.56 Å². The fraction of sp³-hybridized carbons (Fsp3) is 0.100. The van der Waals surface area contributed by atoms with E-state index < -0.39 is 5.97 Å². The van der Waals surface area contributed by atoms with E-state index in [1.165, 1.54) is 5.56 Å². The molecule has 12 heavy (non-hydrogen) atoms. The molecular formula is C10H8O2. The lowest BCUT2D eigenvalue weighted by molar-refractivity contribution is 0.0697. The van der Waals surface area contributed by atoms with Crippen LogP contribution in [0.4, 0.5) is 0 Å². The monoisotopic (exact) mass is 160 g/mol. The highest BCUT2D eigenvalue weighted by Crippen LogP contribution is 2.20. The molecule has 0 aromatic heterocycles. The van der Waals surface area contributed by atoms with Crippen LogP contribution in [0, 0.1) is 0 Å². The number of hydrogen-bond acceptors (Lipinski definition) is 1. The van der Waals surface area contributed by atoms with Gasteiger partial charge in [0.2, 0.25) is 0 Å². The first-order chi connectivity index (χ1) is 5.77.